The average molecular weight is 549 g/mol. The molecule has 1 fully saturated rings. The molecule has 208 valence electrons. The first-order valence-electron chi connectivity index (χ1n) is 13.2. The smallest absolute Gasteiger partial charge is 0.342 e. The lowest BCUT2D eigenvalue weighted by Crippen LogP contribution is -2.50. The number of nitrogens with one attached hydrogen (secondary N) is 2. The van der Waals surface area contributed by atoms with E-state index in [9.17, 15) is 18.0 Å². The van der Waals surface area contributed by atoms with Crippen molar-refractivity contribution in [3.8, 4) is 11.4 Å². The van der Waals surface area contributed by atoms with E-state index in [4.69, 9.17) is 4.98 Å². The van der Waals surface area contributed by atoms with Gasteiger partial charge < -0.3 is 10.3 Å². The number of aromatic amines is 1. The lowest BCUT2D eigenvalue weighted by atomic mass is 10.0. The van der Waals surface area contributed by atoms with Crippen molar-refractivity contribution in [3.63, 3.8) is 0 Å². The quantitative estimate of drug-likeness (QED) is 0.289. The molecule has 0 aliphatic carbocycles. The second kappa shape index (κ2) is 11.9. The van der Waals surface area contributed by atoms with Gasteiger partial charge in [-0.05, 0) is 61.7 Å². The molecular formula is C30H31F3N6O. The maximum absolute atomic E-state index is 13.4. The fraction of sp³-hybridized carbons (Fsp3) is 0.300. The molecule has 0 radical (unpaired) electrons. The molecule has 0 unspecified atom stereocenters. The van der Waals surface area contributed by atoms with E-state index in [1.54, 1.807) is 12.4 Å². The molecule has 4 aromatic rings. The average Bonchev–Trinajstić information content (AvgIpc) is 3.33. The molecule has 10 heteroatoms. The first kappa shape index (κ1) is 27.4. The number of hydrogen-bond donors (Lipinski definition) is 2. The van der Waals surface area contributed by atoms with Crippen LogP contribution in [-0.4, -0.2) is 45.0 Å². The van der Waals surface area contributed by atoms with Crippen LogP contribution in [-0.2, 0) is 19.3 Å². The number of halogens is 3. The zero-order valence-corrected chi connectivity index (χ0v) is 22.2. The van der Waals surface area contributed by atoms with E-state index >= 15 is 0 Å². The Kier molecular flexibility index (Phi) is 8.16. The summed E-state index contributed by atoms with van der Waals surface area (Å²) in [5, 5.41) is 3.05. The van der Waals surface area contributed by atoms with Crippen LogP contribution >= 0.6 is 0 Å². The Morgan fingerprint density at radius 2 is 1.70 bits per heavy atom. The molecule has 0 saturated carbocycles. The van der Waals surface area contributed by atoms with Crippen LogP contribution < -0.4 is 10.2 Å². The highest BCUT2D eigenvalue weighted by Gasteiger charge is 2.31. The minimum atomic E-state index is -4.37. The molecular weight excluding hydrogens is 517 g/mol. The highest BCUT2D eigenvalue weighted by molar-refractivity contribution is 5.92. The van der Waals surface area contributed by atoms with E-state index in [0.29, 0.717) is 24.5 Å². The number of carbonyl (C=O) groups excluding carboxylic acids is 1. The lowest BCUT2D eigenvalue weighted by molar-refractivity contribution is -0.137. The van der Waals surface area contributed by atoms with Gasteiger partial charge in [0.05, 0.1) is 11.3 Å². The second-order valence-corrected chi connectivity index (χ2v) is 9.96. The minimum absolute atomic E-state index is 0.0408. The van der Waals surface area contributed by atoms with Crippen molar-refractivity contribution in [1.82, 2.24) is 25.2 Å². The number of aryl methyl sites for hydroxylation is 1. The number of alkyl halides is 3. The summed E-state index contributed by atoms with van der Waals surface area (Å²) in [6.07, 6.45) is 0.643. The SMILES string of the molecule is Cc1[nH]c(-c2ccc(C(F)(F)F)cc2)nc1CN1CCC(N(C(=O)NCc2ccncc2)c2ccccc2)CC1. The van der Waals surface area contributed by atoms with Gasteiger partial charge in [-0.2, -0.15) is 13.2 Å². The van der Waals surface area contributed by atoms with Gasteiger partial charge in [0.25, 0.3) is 0 Å². The van der Waals surface area contributed by atoms with E-state index in [1.807, 2.05) is 54.3 Å². The summed E-state index contributed by atoms with van der Waals surface area (Å²) in [4.78, 5) is 29.5. The van der Waals surface area contributed by atoms with Crippen molar-refractivity contribution in [2.24, 2.45) is 0 Å². The number of aromatic nitrogens is 3. The summed E-state index contributed by atoms with van der Waals surface area (Å²) in [6, 6.07) is 18.4. The van der Waals surface area contributed by atoms with Gasteiger partial charge in [0, 0.05) is 61.6 Å². The van der Waals surface area contributed by atoms with Crippen LogP contribution in [0.5, 0.6) is 0 Å². The van der Waals surface area contributed by atoms with Gasteiger partial charge in [-0.25, -0.2) is 9.78 Å². The van der Waals surface area contributed by atoms with Crippen LogP contribution in [0.3, 0.4) is 0 Å². The summed E-state index contributed by atoms with van der Waals surface area (Å²) >= 11 is 0. The molecule has 3 heterocycles. The zero-order chi connectivity index (χ0) is 28.1. The van der Waals surface area contributed by atoms with Crippen LogP contribution in [0.15, 0.2) is 79.1 Å². The highest BCUT2D eigenvalue weighted by Crippen LogP contribution is 2.31. The Labute approximate surface area is 231 Å². The Balaban J connectivity index is 1.22. The van der Waals surface area contributed by atoms with E-state index in [0.717, 1.165) is 60.7 Å². The normalized spacial score (nSPS) is 14.7. The third kappa shape index (κ3) is 6.51. The third-order valence-corrected chi connectivity index (χ3v) is 7.21. The lowest BCUT2D eigenvalue weighted by Gasteiger charge is -2.38. The molecule has 2 aromatic carbocycles. The molecule has 40 heavy (non-hydrogen) atoms. The summed E-state index contributed by atoms with van der Waals surface area (Å²) in [6.45, 7) is 4.53. The molecule has 2 amide bonds. The van der Waals surface area contributed by atoms with Gasteiger partial charge in [0.15, 0.2) is 0 Å². The maximum atomic E-state index is 13.4. The highest BCUT2D eigenvalue weighted by atomic mass is 19.4. The number of carbonyl (C=O) groups is 1. The van der Waals surface area contributed by atoms with E-state index in [2.05, 4.69) is 20.2 Å². The summed E-state index contributed by atoms with van der Waals surface area (Å²) in [7, 11) is 0. The van der Waals surface area contributed by atoms with Crippen molar-refractivity contribution < 1.29 is 18.0 Å². The number of likely N-dealkylation sites (tertiary alicyclic amines) is 1. The standard InChI is InChI=1S/C30H31F3N6O/c1-21-27(37-28(36-21)23-7-9-24(10-8-23)30(31,32)33)20-38-17-13-26(14-18-38)39(25-5-3-2-4-6-25)29(40)35-19-22-11-15-34-16-12-22/h2-12,15-16,26H,13-14,17-20H2,1H3,(H,35,40)(H,36,37). The van der Waals surface area contributed by atoms with Crippen LogP contribution in [0.4, 0.5) is 23.7 Å². The summed E-state index contributed by atoms with van der Waals surface area (Å²) in [5.74, 6) is 0.553. The number of para-hydroxylation sites is 1. The minimum Gasteiger partial charge on any atom is -0.342 e. The summed E-state index contributed by atoms with van der Waals surface area (Å²) < 4.78 is 38.8. The second-order valence-electron chi connectivity index (χ2n) is 9.96. The number of amides is 2. The third-order valence-electron chi connectivity index (χ3n) is 7.21. The molecule has 2 N–H and O–H groups in total. The molecule has 0 atom stereocenters. The Morgan fingerprint density at radius 3 is 2.35 bits per heavy atom. The molecule has 2 aromatic heterocycles. The Morgan fingerprint density at radius 1 is 1.02 bits per heavy atom. The number of benzene rings is 2. The van der Waals surface area contributed by atoms with Crippen molar-refractivity contribution in [1.29, 1.82) is 0 Å². The van der Waals surface area contributed by atoms with Gasteiger partial charge in [-0.15, -0.1) is 0 Å². The molecule has 1 saturated heterocycles. The number of imidazole rings is 1. The first-order chi connectivity index (χ1) is 19.3. The predicted octanol–water partition coefficient (Wildman–Crippen LogP) is 6.18. The van der Waals surface area contributed by atoms with Gasteiger partial charge in [-0.3, -0.25) is 14.8 Å². The van der Waals surface area contributed by atoms with Crippen LogP contribution in [0.25, 0.3) is 11.4 Å². The van der Waals surface area contributed by atoms with Crippen molar-refractivity contribution >= 4 is 11.7 Å². The maximum Gasteiger partial charge on any atom is 0.416 e. The molecule has 1 aliphatic heterocycles. The molecule has 0 spiro atoms. The molecule has 7 nitrogen and oxygen atoms in total. The van der Waals surface area contributed by atoms with Crippen LogP contribution in [0, 0.1) is 6.92 Å². The fourth-order valence-electron chi connectivity index (χ4n) is 5.00. The number of piperidine rings is 1. The summed E-state index contributed by atoms with van der Waals surface area (Å²) in [5.41, 5.74) is 3.52. The first-order valence-corrected chi connectivity index (χ1v) is 13.2. The number of hydrogen-bond acceptors (Lipinski definition) is 4. The monoisotopic (exact) mass is 548 g/mol. The zero-order valence-electron chi connectivity index (χ0n) is 22.2. The van der Waals surface area contributed by atoms with Crippen LogP contribution in [0.2, 0.25) is 0 Å². The van der Waals surface area contributed by atoms with Gasteiger partial charge in [-0.1, -0.05) is 30.3 Å². The van der Waals surface area contributed by atoms with E-state index < -0.39 is 11.7 Å². The largest absolute Gasteiger partial charge is 0.416 e. The molecule has 0 bridgehead atoms. The topological polar surface area (TPSA) is 77.2 Å². The predicted molar refractivity (Wildman–Crippen MR) is 147 cm³/mol. The van der Waals surface area contributed by atoms with E-state index in [-0.39, 0.29) is 12.1 Å². The van der Waals surface area contributed by atoms with Crippen molar-refractivity contribution in [3.05, 3.63) is 102 Å². The molecule has 1 aliphatic rings. The fourth-order valence-corrected chi connectivity index (χ4v) is 5.00. The van der Waals surface area contributed by atoms with Crippen molar-refractivity contribution in [2.75, 3.05) is 18.0 Å². The number of nitrogens with zero attached hydrogens (tertiary/aromatic N) is 4. The Bertz CT molecular complexity index is 1400. The van der Waals surface area contributed by atoms with Crippen molar-refractivity contribution in [2.45, 2.75) is 45.1 Å². The number of urea groups is 1. The number of rotatable bonds is 7. The van der Waals surface area contributed by atoms with E-state index in [1.165, 1.54) is 12.1 Å². The Hall–Kier alpha value is -4.18. The van der Waals surface area contributed by atoms with Gasteiger partial charge in [0.1, 0.15) is 5.82 Å². The van der Waals surface area contributed by atoms with Gasteiger partial charge >= 0.3 is 12.2 Å². The molecule has 5 rings (SSSR count). The number of anilines is 1. The van der Waals surface area contributed by atoms with Crippen LogP contribution in [0.1, 0.15) is 35.4 Å². The number of H-pyrrole nitrogens is 1. The van der Waals surface area contributed by atoms with Gasteiger partial charge in [0.2, 0.25) is 0 Å². The number of pyridine rings is 1.